The van der Waals surface area contributed by atoms with Crippen LogP contribution in [0, 0.1) is 16.0 Å². The first-order valence-electron chi connectivity index (χ1n) is 8.66. The van der Waals surface area contributed by atoms with Crippen molar-refractivity contribution < 1.29 is 42.3 Å². The minimum atomic E-state index is -5.34. The maximum Gasteiger partial charge on any atom is 0.437 e. The van der Waals surface area contributed by atoms with Crippen molar-refractivity contribution in [2.45, 2.75) is 31.7 Å². The number of hydrogen-bond acceptors (Lipinski definition) is 8. The third kappa shape index (κ3) is 3.95. The molecule has 0 bridgehead atoms. The largest absolute Gasteiger partial charge is 0.466 e. The van der Waals surface area contributed by atoms with Gasteiger partial charge in [0, 0.05) is 23.7 Å². The molecule has 2 rings (SSSR count). The molecule has 0 radical (unpaired) electrons. The van der Waals surface area contributed by atoms with Crippen molar-refractivity contribution >= 4 is 17.6 Å². The molecular formula is C18H19F3N2O7. The molecule has 1 aromatic rings. The topological polar surface area (TPSA) is 128 Å². The minimum absolute atomic E-state index is 0.0532. The van der Waals surface area contributed by atoms with E-state index in [-0.39, 0.29) is 29.1 Å². The van der Waals surface area contributed by atoms with E-state index in [4.69, 9.17) is 4.74 Å². The lowest BCUT2D eigenvalue weighted by Gasteiger charge is -2.45. The van der Waals surface area contributed by atoms with Crippen LogP contribution in [0.1, 0.15) is 25.3 Å². The summed E-state index contributed by atoms with van der Waals surface area (Å²) < 4.78 is 51.0. The molecule has 0 saturated carbocycles. The molecular weight excluding hydrogens is 413 g/mol. The van der Waals surface area contributed by atoms with Crippen molar-refractivity contribution in [3.05, 3.63) is 51.2 Å². The molecule has 1 aliphatic heterocycles. The fraction of sp³-hybridized carbons (Fsp3) is 0.444. The van der Waals surface area contributed by atoms with Gasteiger partial charge in [-0.05, 0) is 19.4 Å². The summed E-state index contributed by atoms with van der Waals surface area (Å²) in [5, 5.41) is 23.3. The monoisotopic (exact) mass is 432 g/mol. The Balaban J connectivity index is 2.81. The van der Waals surface area contributed by atoms with E-state index in [1.807, 2.05) is 5.32 Å². The number of hydrogen-bond donors (Lipinski definition) is 2. The number of carbonyl (C=O) groups excluding carboxylic acids is 2. The lowest BCUT2D eigenvalue weighted by Crippen LogP contribution is -2.67. The molecule has 0 fully saturated rings. The molecule has 12 heteroatoms. The highest BCUT2D eigenvalue weighted by atomic mass is 19.4. The maximum atomic E-state index is 13.9. The second-order valence-electron chi connectivity index (χ2n) is 6.48. The summed E-state index contributed by atoms with van der Waals surface area (Å²) in [5.41, 5.74) is -4.90. The SMILES string of the molecule is CCOC(=O)C1C(c2ccc([N+](=O)[O-])cc2)C(C(=O)OC)=C(C)NC1(O)C(F)(F)F. The molecule has 0 aromatic heterocycles. The summed E-state index contributed by atoms with van der Waals surface area (Å²) in [6, 6.07) is 4.23. The van der Waals surface area contributed by atoms with Gasteiger partial charge in [-0.25, -0.2) is 4.79 Å². The van der Waals surface area contributed by atoms with Crippen LogP contribution in [0.25, 0.3) is 0 Å². The van der Waals surface area contributed by atoms with E-state index in [2.05, 4.69) is 4.74 Å². The summed E-state index contributed by atoms with van der Waals surface area (Å²) in [5.74, 6) is -6.45. The lowest BCUT2D eigenvalue weighted by molar-refractivity contribution is -0.384. The first kappa shape index (κ1) is 23.1. The van der Waals surface area contributed by atoms with E-state index in [1.54, 1.807) is 0 Å². The van der Waals surface area contributed by atoms with Gasteiger partial charge in [0.25, 0.3) is 5.69 Å². The van der Waals surface area contributed by atoms with Gasteiger partial charge >= 0.3 is 18.1 Å². The normalized spacial score (nSPS) is 24.1. The molecule has 30 heavy (non-hydrogen) atoms. The Labute approximate surface area is 168 Å². The van der Waals surface area contributed by atoms with Crippen LogP contribution in [0.15, 0.2) is 35.5 Å². The Bertz CT molecular complexity index is 883. The lowest BCUT2D eigenvalue weighted by atomic mass is 9.71. The number of halogens is 3. The molecule has 3 unspecified atom stereocenters. The number of aliphatic hydroxyl groups is 1. The molecule has 9 nitrogen and oxygen atoms in total. The van der Waals surface area contributed by atoms with Crippen molar-refractivity contribution in [3.8, 4) is 0 Å². The number of nitrogens with one attached hydrogen (secondary N) is 1. The standard InChI is InChI=1S/C18H19F3N2O7/c1-4-30-16(25)14-13(10-5-7-11(8-6-10)23(27)28)12(15(24)29-3)9(2)22-17(14,26)18(19,20)21/h5-8,13-14,22,26H,4H2,1-3H3. The minimum Gasteiger partial charge on any atom is -0.466 e. The predicted octanol–water partition coefficient (Wildman–Crippen LogP) is 2.16. The van der Waals surface area contributed by atoms with Crippen LogP contribution in [0.2, 0.25) is 0 Å². The van der Waals surface area contributed by atoms with Crippen LogP contribution < -0.4 is 5.32 Å². The van der Waals surface area contributed by atoms with E-state index >= 15 is 0 Å². The fourth-order valence-electron chi connectivity index (χ4n) is 3.41. The number of carbonyl (C=O) groups is 2. The van der Waals surface area contributed by atoms with Crippen LogP contribution >= 0.6 is 0 Å². The number of nitrogens with zero attached hydrogens (tertiary/aromatic N) is 1. The van der Waals surface area contributed by atoms with Crippen LogP contribution in [0.5, 0.6) is 0 Å². The Morgan fingerprint density at radius 2 is 1.87 bits per heavy atom. The second kappa shape index (κ2) is 8.30. The van der Waals surface area contributed by atoms with Crippen molar-refractivity contribution in [1.82, 2.24) is 5.32 Å². The van der Waals surface area contributed by atoms with Crippen LogP contribution in [0.3, 0.4) is 0 Å². The van der Waals surface area contributed by atoms with Gasteiger partial charge in [-0.15, -0.1) is 0 Å². The summed E-state index contributed by atoms with van der Waals surface area (Å²) in [6.45, 7) is 2.19. The van der Waals surface area contributed by atoms with E-state index in [0.717, 1.165) is 38.3 Å². The van der Waals surface area contributed by atoms with Crippen molar-refractivity contribution in [1.29, 1.82) is 0 Å². The quantitative estimate of drug-likeness (QED) is 0.412. The molecule has 164 valence electrons. The number of benzene rings is 1. The summed E-state index contributed by atoms with van der Waals surface area (Å²) in [6.07, 6.45) is -5.34. The zero-order valence-electron chi connectivity index (χ0n) is 16.1. The second-order valence-corrected chi connectivity index (χ2v) is 6.48. The molecule has 1 aromatic carbocycles. The van der Waals surface area contributed by atoms with Crippen molar-refractivity contribution in [2.24, 2.45) is 5.92 Å². The number of rotatable bonds is 5. The average Bonchev–Trinajstić information content (AvgIpc) is 2.66. The third-order valence-corrected chi connectivity index (χ3v) is 4.72. The molecule has 0 spiro atoms. The van der Waals surface area contributed by atoms with E-state index in [1.165, 1.54) is 6.92 Å². The number of esters is 2. The number of allylic oxidation sites excluding steroid dienone is 1. The fourth-order valence-corrected chi connectivity index (χ4v) is 3.41. The molecule has 2 N–H and O–H groups in total. The number of non-ortho nitro benzene ring substituents is 1. The Morgan fingerprint density at radius 3 is 2.30 bits per heavy atom. The van der Waals surface area contributed by atoms with E-state index < -0.39 is 40.6 Å². The predicted molar refractivity (Wildman–Crippen MR) is 94.8 cm³/mol. The van der Waals surface area contributed by atoms with Gasteiger partial charge in [-0.3, -0.25) is 14.9 Å². The average molecular weight is 432 g/mol. The van der Waals surface area contributed by atoms with Crippen molar-refractivity contribution in [3.63, 3.8) is 0 Å². The number of alkyl halides is 3. The van der Waals surface area contributed by atoms with Gasteiger partial charge < -0.3 is 19.9 Å². The highest BCUT2D eigenvalue weighted by Gasteiger charge is 2.67. The van der Waals surface area contributed by atoms with Gasteiger partial charge in [0.1, 0.15) is 5.92 Å². The van der Waals surface area contributed by atoms with E-state index in [0.29, 0.717) is 0 Å². The molecule has 0 aliphatic carbocycles. The smallest absolute Gasteiger partial charge is 0.437 e. The van der Waals surface area contributed by atoms with Crippen LogP contribution in [0.4, 0.5) is 18.9 Å². The van der Waals surface area contributed by atoms with Crippen molar-refractivity contribution in [2.75, 3.05) is 13.7 Å². The molecule has 3 atom stereocenters. The van der Waals surface area contributed by atoms with Gasteiger partial charge in [0.2, 0.25) is 5.72 Å². The van der Waals surface area contributed by atoms with Crippen LogP contribution in [-0.4, -0.2) is 47.6 Å². The van der Waals surface area contributed by atoms with Gasteiger partial charge in [-0.2, -0.15) is 13.2 Å². The summed E-state index contributed by atoms with van der Waals surface area (Å²) in [7, 11) is 0.999. The maximum absolute atomic E-state index is 13.9. The van der Waals surface area contributed by atoms with Crippen LogP contribution in [-0.2, 0) is 19.1 Å². The molecule has 0 saturated heterocycles. The Hall–Kier alpha value is -3.15. The van der Waals surface area contributed by atoms with Gasteiger partial charge in [0.05, 0.1) is 24.2 Å². The van der Waals surface area contributed by atoms with E-state index in [9.17, 15) is 38.0 Å². The first-order chi connectivity index (χ1) is 13.9. The third-order valence-electron chi connectivity index (χ3n) is 4.72. The highest BCUT2D eigenvalue weighted by Crippen LogP contribution is 2.49. The summed E-state index contributed by atoms with van der Waals surface area (Å²) >= 11 is 0. The van der Waals surface area contributed by atoms with Gasteiger partial charge in [0.15, 0.2) is 0 Å². The Morgan fingerprint density at radius 1 is 1.30 bits per heavy atom. The summed E-state index contributed by atoms with van der Waals surface area (Å²) in [4.78, 5) is 35.1. The highest BCUT2D eigenvalue weighted by molar-refractivity contribution is 5.93. The first-order valence-corrected chi connectivity index (χ1v) is 8.66. The number of nitro benzene ring substituents is 1. The van der Waals surface area contributed by atoms with Gasteiger partial charge in [-0.1, -0.05) is 12.1 Å². The number of ether oxygens (including phenoxy) is 2. The number of methoxy groups -OCH3 is 1. The number of nitro groups is 1. The Kier molecular flexibility index (Phi) is 6.40. The zero-order chi connectivity index (χ0) is 22.9. The zero-order valence-corrected chi connectivity index (χ0v) is 16.1. The molecule has 0 amide bonds. The molecule has 1 aliphatic rings. The molecule has 1 heterocycles.